The van der Waals surface area contributed by atoms with Crippen LogP contribution in [0.5, 0.6) is 0 Å². The van der Waals surface area contributed by atoms with E-state index in [2.05, 4.69) is 36.3 Å². The van der Waals surface area contributed by atoms with E-state index in [-0.39, 0.29) is 19.3 Å². The second-order valence-electron chi connectivity index (χ2n) is 5.42. The molecule has 1 N–H and O–H groups in total. The van der Waals surface area contributed by atoms with E-state index in [1.807, 2.05) is 31.3 Å². The average Bonchev–Trinajstić information content (AvgIpc) is 2.45. The summed E-state index contributed by atoms with van der Waals surface area (Å²) in [6.07, 6.45) is 3.08. The zero-order valence-electron chi connectivity index (χ0n) is 12.4. The van der Waals surface area contributed by atoms with E-state index < -0.39 is 0 Å². The highest BCUT2D eigenvalue weighted by Gasteiger charge is 2.18. The Kier molecular flexibility index (Phi) is 4.85. The first-order valence-electron chi connectivity index (χ1n) is 7.22. The number of carbonyl (C=O) groups excluding carboxylic acids is 1. The summed E-state index contributed by atoms with van der Waals surface area (Å²) in [6.45, 7) is 6.03. The summed E-state index contributed by atoms with van der Waals surface area (Å²) in [5, 5.41) is 5.64. The Balaban J connectivity index is 0.00000220. The van der Waals surface area contributed by atoms with Gasteiger partial charge in [-0.3, -0.25) is 9.78 Å². The lowest BCUT2D eigenvalue weighted by atomic mass is 10.0. The van der Waals surface area contributed by atoms with Crippen LogP contribution in [0.1, 0.15) is 34.3 Å². The monoisotopic (exact) mass is 272 g/mol. The van der Waals surface area contributed by atoms with Crippen LogP contribution in [-0.2, 0) is 11.2 Å². The molecular formula is C17H24N2O. The molecule has 0 aliphatic rings. The van der Waals surface area contributed by atoms with Gasteiger partial charge in [0.2, 0.25) is 0 Å². The molecule has 0 spiro atoms. The zero-order chi connectivity index (χ0) is 14.5. The Hall–Kier alpha value is -1.74. The molecule has 0 fully saturated rings. The minimum Gasteiger partial charge on any atom is -0.305 e. The van der Waals surface area contributed by atoms with E-state index in [9.17, 15) is 4.79 Å². The van der Waals surface area contributed by atoms with Gasteiger partial charge in [0.05, 0.1) is 6.04 Å². The largest absolute Gasteiger partial charge is 0.305 e. The minimum atomic E-state index is -0.145. The average molecular weight is 272 g/mol. The van der Waals surface area contributed by atoms with Crippen LogP contribution >= 0.6 is 0 Å². The molecule has 1 atom stereocenters. The van der Waals surface area contributed by atoms with Crippen molar-refractivity contribution in [3.05, 3.63) is 42.2 Å². The van der Waals surface area contributed by atoms with Crippen LogP contribution in [0.25, 0.3) is 10.8 Å². The van der Waals surface area contributed by atoms with Gasteiger partial charge < -0.3 is 5.32 Å². The van der Waals surface area contributed by atoms with Crippen molar-refractivity contribution in [2.75, 3.05) is 0 Å². The third-order valence-corrected chi connectivity index (χ3v) is 3.37. The molecule has 0 unspecified atom stereocenters. The SMILES string of the molecule is CCC(=O)[C@H](Cc1cc2ccccc2cn1)NC(C)C.[HH]. The number of hydrogen-bond acceptors (Lipinski definition) is 3. The van der Waals surface area contributed by atoms with Gasteiger partial charge in [-0.2, -0.15) is 0 Å². The Bertz CT molecular complexity index is 598. The first kappa shape index (κ1) is 14.7. The molecule has 2 aromatic rings. The molecule has 3 nitrogen and oxygen atoms in total. The summed E-state index contributed by atoms with van der Waals surface area (Å²) >= 11 is 0. The Morgan fingerprint density at radius 1 is 1.30 bits per heavy atom. The topological polar surface area (TPSA) is 42.0 Å². The van der Waals surface area contributed by atoms with Gasteiger partial charge in [-0.05, 0) is 11.5 Å². The fraction of sp³-hybridized carbons (Fsp3) is 0.412. The predicted octanol–water partition coefficient (Wildman–Crippen LogP) is 3.37. The van der Waals surface area contributed by atoms with Crippen LogP contribution in [0.4, 0.5) is 0 Å². The Morgan fingerprint density at radius 2 is 2.00 bits per heavy atom. The van der Waals surface area contributed by atoms with Crippen molar-refractivity contribution in [2.24, 2.45) is 0 Å². The fourth-order valence-electron chi connectivity index (χ4n) is 2.36. The summed E-state index contributed by atoms with van der Waals surface area (Å²) in [4.78, 5) is 16.5. The lowest BCUT2D eigenvalue weighted by molar-refractivity contribution is -0.120. The Morgan fingerprint density at radius 3 is 2.65 bits per heavy atom. The van der Waals surface area contributed by atoms with Crippen LogP contribution in [0.15, 0.2) is 36.5 Å². The number of rotatable bonds is 6. The van der Waals surface area contributed by atoms with E-state index in [1.165, 1.54) is 5.39 Å². The Labute approximate surface area is 121 Å². The number of benzene rings is 1. The second-order valence-corrected chi connectivity index (χ2v) is 5.42. The van der Waals surface area contributed by atoms with Crippen molar-refractivity contribution in [3.8, 4) is 0 Å². The molecule has 1 aromatic carbocycles. The van der Waals surface area contributed by atoms with Crippen molar-refractivity contribution >= 4 is 16.6 Å². The zero-order valence-corrected chi connectivity index (χ0v) is 12.4. The van der Waals surface area contributed by atoms with Gasteiger partial charge in [-0.1, -0.05) is 45.0 Å². The molecule has 0 bridgehead atoms. The maximum absolute atomic E-state index is 12.0. The lowest BCUT2D eigenvalue weighted by Gasteiger charge is -2.19. The predicted molar refractivity (Wildman–Crippen MR) is 84.9 cm³/mol. The minimum absolute atomic E-state index is 0. The molecule has 2 rings (SSSR count). The van der Waals surface area contributed by atoms with E-state index in [0.29, 0.717) is 12.8 Å². The van der Waals surface area contributed by atoms with Crippen LogP contribution in [-0.4, -0.2) is 22.9 Å². The first-order chi connectivity index (χ1) is 9.60. The molecule has 1 heterocycles. The van der Waals surface area contributed by atoms with Crippen LogP contribution in [0.3, 0.4) is 0 Å². The number of pyridine rings is 1. The smallest absolute Gasteiger partial charge is 0.149 e. The van der Waals surface area contributed by atoms with Gasteiger partial charge in [0.1, 0.15) is 5.78 Å². The summed E-state index contributed by atoms with van der Waals surface area (Å²) in [5.41, 5.74) is 0.962. The summed E-state index contributed by atoms with van der Waals surface area (Å²) in [5.74, 6) is 0.244. The molecule has 0 saturated carbocycles. The highest BCUT2D eigenvalue weighted by atomic mass is 16.1. The van der Waals surface area contributed by atoms with Gasteiger partial charge in [0.15, 0.2) is 0 Å². The van der Waals surface area contributed by atoms with Gasteiger partial charge in [-0.25, -0.2) is 0 Å². The molecule has 0 aliphatic heterocycles. The number of Topliss-reactive ketones (excluding diaryl/α,β-unsaturated/α-hetero) is 1. The van der Waals surface area contributed by atoms with Crippen molar-refractivity contribution in [1.29, 1.82) is 0 Å². The van der Waals surface area contributed by atoms with Crippen LogP contribution < -0.4 is 5.32 Å². The van der Waals surface area contributed by atoms with Crippen molar-refractivity contribution in [1.82, 2.24) is 10.3 Å². The second kappa shape index (κ2) is 6.62. The third-order valence-electron chi connectivity index (χ3n) is 3.37. The standard InChI is InChI=1S/C17H22N2O.H2/c1-4-17(20)16(19-12(2)3)10-15-9-13-7-5-6-8-14(13)11-18-15;/h5-9,11-12,16,19H,4,10H2,1-3H3;1H/t16-;/m0./s1. The molecule has 0 amide bonds. The molecule has 1 aromatic heterocycles. The van der Waals surface area contributed by atoms with Crippen LogP contribution in [0, 0.1) is 0 Å². The number of fused-ring (bicyclic) bond motifs is 1. The normalized spacial score (nSPS) is 12.8. The van der Waals surface area contributed by atoms with E-state index in [0.717, 1.165) is 11.1 Å². The third kappa shape index (κ3) is 3.64. The van der Waals surface area contributed by atoms with Gasteiger partial charge in [0.25, 0.3) is 0 Å². The van der Waals surface area contributed by atoms with Crippen molar-refractivity contribution < 1.29 is 6.22 Å². The quantitative estimate of drug-likeness (QED) is 0.876. The highest BCUT2D eigenvalue weighted by molar-refractivity contribution is 5.85. The molecule has 0 aliphatic carbocycles. The summed E-state index contributed by atoms with van der Waals surface area (Å²) in [6, 6.07) is 10.4. The summed E-state index contributed by atoms with van der Waals surface area (Å²) < 4.78 is 0. The molecule has 0 saturated heterocycles. The maximum atomic E-state index is 12.0. The maximum Gasteiger partial charge on any atom is 0.149 e. The number of ketones is 1. The number of nitrogens with one attached hydrogen (secondary N) is 1. The van der Waals surface area contributed by atoms with Crippen molar-refractivity contribution in [2.45, 2.75) is 45.7 Å². The van der Waals surface area contributed by atoms with Gasteiger partial charge >= 0.3 is 0 Å². The van der Waals surface area contributed by atoms with E-state index >= 15 is 0 Å². The van der Waals surface area contributed by atoms with Crippen molar-refractivity contribution in [3.63, 3.8) is 0 Å². The summed E-state index contributed by atoms with van der Waals surface area (Å²) in [7, 11) is 0. The number of aromatic nitrogens is 1. The first-order valence-corrected chi connectivity index (χ1v) is 7.22. The number of carbonyl (C=O) groups is 1. The van der Waals surface area contributed by atoms with Gasteiger partial charge in [0, 0.05) is 37.6 Å². The fourth-order valence-corrected chi connectivity index (χ4v) is 2.36. The number of hydrogen-bond donors (Lipinski definition) is 1. The molecule has 20 heavy (non-hydrogen) atoms. The lowest BCUT2D eigenvalue weighted by Crippen LogP contribution is -2.42. The molecule has 3 heteroatoms. The number of nitrogens with zero attached hydrogens (tertiary/aromatic N) is 1. The van der Waals surface area contributed by atoms with E-state index in [4.69, 9.17) is 0 Å². The van der Waals surface area contributed by atoms with Crippen LogP contribution in [0.2, 0.25) is 0 Å². The molecule has 108 valence electrons. The molecular weight excluding hydrogens is 248 g/mol. The highest BCUT2D eigenvalue weighted by Crippen LogP contribution is 2.14. The molecule has 0 radical (unpaired) electrons. The van der Waals surface area contributed by atoms with E-state index in [1.54, 1.807) is 0 Å². The van der Waals surface area contributed by atoms with Gasteiger partial charge in [-0.15, -0.1) is 0 Å².